The van der Waals surface area contributed by atoms with Crippen molar-refractivity contribution in [3.05, 3.63) is 17.5 Å². The molecule has 136 valence electrons. The zero-order chi connectivity index (χ0) is 18.2. The SMILES string of the molecule is CCNC(=NCC(=O)NC(C)(C)C)NCCCn1nc(C)cc1C. The quantitative estimate of drug-likeness (QED) is 0.399. The van der Waals surface area contributed by atoms with Gasteiger partial charge in [0.05, 0.1) is 5.69 Å². The topological polar surface area (TPSA) is 83.3 Å². The van der Waals surface area contributed by atoms with Crippen molar-refractivity contribution in [2.45, 2.75) is 60.0 Å². The number of amides is 1. The Kier molecular flexibility index (Phi) is 7.74. The first-order valence-electron chi connectivity index (χ1n) is 8.55. The van der Waals surface area contributed by atoms with Crippen molar-refractivity contribution in [2.24, 2.45) is 4.99 Å². The molecule has 0 atom stereocenters. The molecule has 24 heavy (non-hydrogen) atoms. The van der Waals surface area contributed by atoms with Crippen LogP contribution in [0.1, 0.15) is 45.5 Å². The summed E-state index contributed by atoms with van der Waals surface area (Å²) >= 11 is 0. The molecule has 0 saturated heterocycles. The van der Waals surface area contributed by atoms with Gasteiger partial charge in [-0.15, -0.1) is 0 Å². The van der Waals surface area contributed by atoms with Gasteiger partial charge in [-0.2, -0.15) is 5.10 Å². The van der Waals surface area contributed by atoms with E-state index < -0.39 is 0 Å². The van der Waals surface area contributed by atoms with Crippen LogP contribution in [0.3, 0.4) is 0 Å². The van der Waals surface area contributed by atoms with E-state index in [0.29, 0.717) is 5.96 Å². The molecule has 0 aliphatic rings. The Morgan fingerprint density at radius 2 is 2.00 bits per heavy atom. The molecule has 1 rings (SSSR count). The maximum Gasteiger partial charge on any atom is 0.242 e. The Morgan fingerprint density at radius 3 is 2.54 bits per heavy atom. The highest BCUT2D eigenvalue weighted by Crippen LogP contribution is 2.02. The molecule has 0 radical (unpaired) electrons. The lowest BCUT2D eigenvalue weighted by atomic mass is 10.1. The maximum absolute atomic E-state index is 11.8. The molecule has 1 aromatic heterocycles. The number of aryl methyl sites for hydroxylation is 3. The van der Waals surface area contributed by atoms with Crippen LogP contribution >= 0.6 is 0 Å². The van der Waals surface area contributed by atoms with Crippen molar-refractivity contribution in [1.29, 1.82) is 0 Å². The van der Waals surface area contributed by atoms with E-state index in [9.17, 15) is 4.79 Å². The number of rotatable bonds is 7. The monoisotopic (exact) mass is 336 g/mol. The Bertz CT molecular complexity index is 556. The second-order valence-corrected chi connectivity index (χ2v) is 6.92. The minimum Gasteiger partial charge on any atom is -0.357 e. The number of nitrogens with one attached hydrogen (secondary N) is 3. The van der Waals surface area contributed by atoms with E-state index in [4.69, 9.17) is 0 Å². The summed E-state index contributed by atoms with van der Waals surface area (Å²) in [5.74, 6) is 0.581. The summed E-state index contributed by atoms with van der Waals surface area (Å²) < 4.78 is 2.01. The highest BCUT2D eigenvalue weighted by molar-refractivity contribution is 5.85. The molecule has 0 aliphatic heterocycles. The van der Waals surface area contributed by atoms with Crippen molar-refractivity contribution in [1.82, 2.24) is 25.7 Å². The van der Waals surface area contributed by atoms with E-state index in [-0.39, 0.29) is 18.0 Å². The number of carbonyl (C=O) groups is 1. The minimum atomic E-state index is -0.238. The molecule has 1 heterocycles. The van der Waals surface area contributed by atoms with Gasteiger partial charge in [-0.1, -0.05) is 0 Å². The predicted octanol–water partition coefficient (Wildman–Crippen LogP) is 1.36. The highest BCUT2D eigenvalue weighted by Gasteiger charge is 2.13. The number of carbonyl (C=O) groups excluding carboxylic acids is 1. The molecule has 0 spiro atoms. The van der Waals surface area contributed by atoms with Gasteiger partial charge in [0.1, 0.15) is 6.54 Å². The number of nitrogens with zero attached hydrogens (tertiary/aromatic N) is 3. The van der Waals surface area contributed by atoms with Gasteiger partial charge in [0.25, 0.3) is 0 Å². The van der Waals surface area contributed by atoms with Crippen molar-refractivity contribution in [3.63, 3.8) is 0 Å². The molecular weight excluding hydrogens is 304 g/mol. The lowest BCUT2D eigenvalue weighted by Gasteiger charge is -2.20. The first-order valence-corrected chi connectivity index (χ1v) is 8.55. The Balaban J connectivity index is 2.40. The fourth-order valence-corrected chi connectivity index (χ4v) is 2.29. The van der Waals surface area contributed by atoms with Crippen LogP contribution in [-0.2, 0) is 11.3 Å². The third-order valence-electron chi connectivity index (χ3n) is 3.18. The van der Waals surface area contributed by atoms with Crippen molar-refractivity contribution in [3.8, 4) is 0 Å². The largest absolute Gasteiger partial charge is 0.357 e. The van der Waals surface area contributed by atoms with Crippen LogP contribution < -0.4 is 16.0 Å². The van der Waals surface area contributed by atoms with Crippen molar-refractivity contribution >= 4 is 11.9 Å². The third kappa shape index (κ3) is 7.99. The third-order valence-corrected chi connectivity index (χ3v) is 3.18. The molecule has 0 fully saturated rings. The first kappa shape index (κ1) is 20.0. The Labute approximate surface area is 145 Å². The lowest BCUT2D eigenvalue weighted by Crippen LogP contribution is -2.43. The second-order valence-electron chi connectivity index (χ2n) is 6.92. The van der Waals surface area contributed by atoms with Gasteiger partial charge in [-0.25, -0.2) is 4.99 Å². The smallest absolute Gasteiger partial charge is 0.242 e. The number of aromatic nitrogens is 2. The van der Waals surface area contributed by atoms with E-state index in [2.05, 4.69) is 39.0 Å². The molecule has 3 N–H and O–H groups in total. The van der Waals surface area contributed by atoms with Gasteiger partial charge in [-0.3, -0.25) is 9.48 Å². The molecule has 1 amide bonds. The summed E-state index contributed by atoms with van der Waals surface area (Å²) in [6, 6.07) is 2.08. The molecule has 0 bridgehead atoms. The summed E-state index contributed by atoms with van der Waals surface area (Å²) in [6.07, 6.45) is 0.931. The van der Waals surface area contributed by atoms with Gasteiger partial charge < -0.3 is 16.0 Å². The van der Waals surface area contributed by atoms with Crippen molar-refractivity contribution < 1.29 is 4.79 Å². The molecular formula is C17H32N6O. The van der Waals surface area contributed by atoms with Crippen molar-refractivity contribution in [2.75, 3.05) is 19.6 Å². The summed E-state index contributed by atoms with van der Waals surface area (Å²) in [4.78, 5) is 16.2. The van der Waals surface area contributed by atoms with E-state index in [0.717, 1.165) is 31.7 Å². The fraction of sp³-hybridized carbons (Fsp3) is 0.706. The lowest BCUT2D eigenvalue weighted by molar-refractivity contribution is -0.121. The predicted molar refractivity (Wildman–Crippen MR) is 98.2 cm³/mol. The van der Waals surface area contributed by atoms with E-state index >= 15 is 0 Å². The van der Waals surface area contributed by atoms with Crippen LogP contribution in [0.15, 0.2) is 11.1 Å². The molecule has 0 saturated carbocycles. The van der Waals surface area contributed by atoms with Crippen LogP contribution in [0.4, 0.5) is 0 Å². The van der Waals surface area contributed by atoms with Crippen LogP contribution in [0, 0.1) is 13.8 Å². The molecule has 1 aromatic rings. The fourth-order valence-electron chi connectivity index (χ4n) is 2.29. The summed E-state index contributed by atoms with van der Waals surface area (Å²) in [6.45, 7) is 14.4. The van der Waals surface area contributed by atoms with E-state index in [1.807, 2.05) is 39.3 Å². The molecule has 7 heteroatoms. The van der Waals surface area contributed by atoms with E-state index in [1.165, 1.54) is 5.69 Å². The van der Waals surface area contributed by atoms with Crippen LogP contribution in [-0.4, -0.2) is 46.8 Å². The van der Waals surface area contributed by atoms with Crippen LogP contribution in [0.5, 0.6) is 0 Å². The van der Waals surface area contributed by atoms with Gasteiger partial charge in [0, 0.05) is 30.9 Å². The van der Waals surface area contributed by atoms with Gasteiger partial charge in [-0.05, 0) is 54.0 Å². The Morgan fingerprint density at radius 1 is 1.29 bits per heavy atom. The average Bonchev–Trinajstić information content (AvgIpc) is 2.77. The summed E-state index contributed by atoms with van der Waals surface area (Å²) in [5.41, 5.74) is 1.98. The first-order chi connectivity index (χ1) is 11.2. The van der Waals surface area contributed by atoms with Crippen LogP contribution in [0.25, 0.3) is 0 Å². The van der Waals surface area contributed by atoms with Gasteiger partial charge in [0.2, 0.25) is 5.91 Å². The number of aliphatic imine (C=N–C) groups is 1. The molecule has 0 unspecified atom stereocenters. The summed E-state index contributed by atoms with van der Waals surface area (Å²) in [5, 5.41) is 13.8. The summed E-state index contributed by atoms with van der Waals surface area (Å²) in [7, 11) is 0. The van der Waals surface area contributed by atoms with Gasteiger partial charge >= 0.3 is 0 Å². The molecule has 0 aromatic carbocycles. The van der Waals surface area contributed by atoms with E-state index in [1.54, 1.807) is 0 Å². The standard InChI is InChI=1S/C17H32N6O/c1-7-18-16(20-12-15(24)21-17(4,5)6)19-9-8-10-23-14(3)11-13(2)22-23/h11H,7-10,12H2,1-6H3,(H,21,24)(H2,18,19,20). The minimum absolute atomic E-state index is 0.0812. The molecule has 7 nitrogen and oxygen atoms in total. The highest BCUT2D eigenvalue weighted by atomic mass is 16.2. The molecule has 0 aliphatic carbocycles. The Hall–Kier alpha value is -2.05. The second kappa shape index (κ2) is 9.30. The van der Waals surface area contributed by atoms with Crippen LogP contribution in [0.2, 0.25) is 0 Å². The van der Waals surface area contributed by atoms with Gasteiger partial charge in [0.15, 0.2) is 5.96 Å². The number of guanidine groups is 1. The zero-order valence-corrected chi connectivity index (χ0v) is 15.9. The number of hydrogen-bond donors (Lipinski definition) is 3. The average molecular weight is 336 g/mol. The zero-order valence-electron chi connectivity index (χ0n) is 15.9. The number of hydrogen-bond acceptors (Lipinski definition) is 3. The normalized spacial score (nSPS) is 12.2. The maximum atomic E-state index is 11.8.